The van der Waals surface area contributed by atoms with Gasteiger partial charge in [0.25, 0.3) is 5.91 Å². The molecule has 0 saturated heterocycles. The lowest BCUT2D eigenvalue weighted by Gasteiger charge is -2.70. The number of hydrogen-bond donors (Lipinski definition) is 2. The first-order valence-electron chi connectivity index (χ1n) is 11.3. The normalized spacial score (nSPS) is 23.3. The number of fused-ring (bicyclic) bond motifs is 1. The summed E-state index contributed by atoms with van der Waals surface area (Å²) in [4.78, 5) is 24.4. The summed E-state index contributed by atoms with van der Waals surface area (Å²) in [6.07, 6.45) is 0.0311. The van der Waals surface area contributed by atoms with Crippen molar-refractivity contribution in [2.24, 2.45) is 5.41 Å². The first-order valence-corrected chi connectivity index (χ1v) is 11.3. The second-order valence-electron chi connectivity index (χ2n) is 9.85. The number of hydrogen-bond acceptors (Lipinski definition) is 2. The number of aliphatic carboxylic acids is 1. The Balaban J connectivity index is 1.42. The highest BCUT2D eigenvalue weighted by atomic mass is 19.4. The molecule has 0 unspecified atom stereocenters. The first kappa shape index (κ1) is 22.5. The zero-order valence-corrected chi connectivity index (χ0v) is 18.7. The van der Waals surface area contributed by atoms with Gasteiger partial charge in [0, 0.05) is 29.2 Å². The van der Waals surface area contributed by atoms with E-state index in [0.29, 0.717) is 37.8 Å². The lowest BCUT2D eigenvalue weighted by Crippen LogP contribution is -2.74. The molecule has 3 aromatic rings. The number of benzene rings is 2. The number of rotatable bonds is 7. The number of carboxylic acid groups (broad SMARTS) is 1. The third kappa shape index (κ3) is 3.75. The van der Waals surface area contributed by atoms with Gasteiger partial charge in [-0.1, -0.05) is 24.3 Å². The van der Waals surface area contributed by atoms with E-state index in [4.69, 9.17) is 5.11 Å². The van der Waals surface area contributed by atoms with Crippen LogP contribution in [-0.4, -0.2) is 27.1 Å². The predicted molar refractivity (Wildman–Crippen MR) is 121 cm³/mol. The molecule has 2 bridgehead atoms. The van der Waals surface area contributed by atoms with Crippen molar-refractivity contribution >= 4 is 22.8 Å². The lowest BCUT2D eigenvalue weighted by atomic mass is 9.38. The Bertz CT molecular complexity index is 1270. The molecular formula is C26H25F3N2O3. The maximum absolute atomic E-state index is 13.3. The zero-order valence-electron chi connectivity index (χ0n) is 18.7. The van der Waals surface area contributed by atoms with Gasteiger partial charge in [0.2, 0.25) is 0 Å². The summed E-state index contributed by atoms with van der Waals surface area (Å²) in [6.45, 7) is 2.65. The van der Waals surface area contributed by atoms with E-state index in [-0.39, 0.29) is 23.3 Å². The Morgan fingerprint density at radius 3 is 2.35 bits per heavy atom. The van der Waals surface area contributed by atoms with E-state index in [9.17, 15) is 22.8 Å². The van der Waals surface area contributed by atoms with Crippen LogP contribution in [-0.2, 0) is 23.9 Å². The zero-order chi connectivity index (χ0) is 24.3. The maximum Gasteiger partial charge on any atom is 0.416 e. The Labute approximate surface area is 194 Å². The van der Waals surface area contributed by atoms with Gasteiger partial charge in [0.05, 0.1) is 17.5 Å². The molecular weight excluding hydrogens is 445 g/mol. The van der Waals surface area contributed by atoms with Crippen molar-refractivity contribution in [1.82, 2.24) is 9.88 Å². The average molecular weight is 470 g/mol. The third-order valence-corrected chi connectivity index (χ3v) is 7.30. The number of halogens is 3. The monoisotopic (exact) mass is 470 g/mol. The van der Waals surface area contributed by atoms with Crippen LogP contribution in [0.1, 0.15) is 59.7 Å². The fourth-order valence-corrected chi connectivity index (χ4v) is 5.99. The van der Waals surface area contributed by atoms with Gasteiger partial charge in [-0.25, -0.2) is 0 Å². The molecule has 0 aliphatic heterocycles. The quantitative estimate of drug-likeness (QED) is 0.486. The second kappa shape index (κ2) is 7.61. The predicted octanol–water partition coefficient (Wildman–Crippen LogP) is 5.40. The molecule has 0 atom stereocenters. The van der Waals surface area contributed by atoms with Crippen LogP contribution in [0.2, 0.25) is 0 Å². The van der Waals surface area contributed by atoms with Crippen molar-refractivity contribution in [2.45, 2.75) is 57.3 Å². The van der Waals surface area contributed by atoms with Crippen molar-refractivity contribution in [3.63, 3.8) is 0 Å². The highest BCUT2D eigenvalue weighted by molar-refractivity contribution is 6.08. The summed E-state index contributed by atoms with van der Waals surface area (Å²) in [7, 11) is 0. The summed E-state index contributed by atoms with van der Waals surface area (Å²) in [5.74, 6) is -1.00. The minimum atomic E-state index is -4.38. The second-order valence-corrected chi connectivity index (χ2v) is 9.85. The number of carbonyl (C=O) groups is 2. The molecule has 1 amide bonds. The summed E-state index contributed by atoms with van der Waals surface area (Å²) in [5, 5.41) is 13.0. The third-order valence-electron chi connectivity index (χ3n) is 7.30. The van der Waals surface area contributed by atoms with Crippen LogP contribution >= 0.6 is 0 Å². The molecule has 2 aromatic carbocycles. The standard InChI is InChI=1S/C26H25F3N2O3/c1-2-31-12-19(23(34)30-25-13-24(14-25,15-25)11-21(32)33)22-17(4-3-5-20(22)31)10-16-6-8-18(9-7-16)26(27,28)29/h3-9,12H,2,10-11,13-15H2,1H3,(H,30,34)(H,32,33). The molecule has 3 fully saturated rings. The van der Waals surface area contributed by atoms with Gasteiger partial charge in [-0.2, -0.15) is 13.2 Å². The van der Waals surface area contributed by atoms with Crippen LogP contribution in [0.15, 0.2) is 48.7 Å². The number of amides is 1. The van der Waals surface area contributed by atoms with Crippen molar-refractivity contribution in [3.05, 3.63) is 70.9 Å². The molecule has 1 aromatic heterocycles. The molecule has 5 nitrogen and oxygen atoms in total. The number of alkyl halides is 3. The molecule has 8 heteroatoms. The highest BCUT2D eigenvalue weighted by Gasteiger charge is 2.68. The van der Waals surface area contributed by atoms with Gasteiger partial charge in [-0.15, -0.1) is 0 Å². The van der Waals surface area contributed by atoms with Crippen molar-refractivity contribution in [3.8, 4) is 0 Å². The molecule has 178 valence electrons. The first-order chi connectivity index (χ1) is 16.0. The number of aryl methyl sites for hydroxylation is 1. The molecule has 2 N–H and O–H groups in total. The van der Waals surface area contributed by atoms with E-state index >= 15 is 0 Å². The van der Waals surface area contributed by atoms with E-state index in [1.807, 2.05) is 35.9 Å². The molecule has 3 aliphatic rings. The SMILES string of the molecule is CCn1cc(C(=O)NC23CC(CC(=O)O)(C2)C3)c2c(Cc3ccc(C(F)(F)F)cc3)cccc21. The minimum absolute atomic E-state index is 0.136. The molecule has 0 radical (unpaired) electrons. The topological polar surface area (TPSA) is 71.3 Å². The van der Waals surface area contributed by atoms with Gasteiger partial charge in [-0.05, 0) is 67.3 Å². The molecule has 3 saturated carbocycles. The van der Waals surface area contributed by atoms with Crippen LogP contribution in [0.5, 0.6) is 0 Å². The maximum atomic E-state index is 13.3. The summed E-state index contributed by atoms with van der Waals surface area (Å²) >= 11 is 0. The molecule has 34 heavy (non-hydrogen) atoms. The largest absolute Gasteiger partial charge is 0.481 e. The smallest absolute Gasteiger partial charge is 0.416 e. The molecule has 0 spiro atoms. The number of carboxylic acids is 1. The van der Waals surface area contributed by atoms with Crippen molar-refractivity contribution in [2.75, 3.05) is 0 Å². The van der Waals surface area contributed by atoms with Gasteiger partial charge >= 0.3 is 12.1 Å². The van der Waals surface area contributed by atoms with Gasteiger partial charge < -0.3 is 15.0 Å². The Morgan fingerprint density at radius 2 is 1.76 bits per heavy atom. The fraction of sp³-hybridized carbons (Fsp3) is 0.385. The van der Waals surface area contributed by atoms with Crippen LogP contribution < -0.4 is 5.32 Å². The van der Waals surface area contributed by atoms with Gasteiger partial charge in [-0.3, -0.25) is 9.59 Å². The number of nitrogens with zero attached hydrogens (tertiary/aromatic N) is 1. The van der Waals surface area contributed by atoms with Crippen LogP contribution in [0, 0.1) is 5.41 Å². The van der Waals surface area contributed by atoms with Crippen LogP contribution in [0.25, 0.3) is 10.9 Å². The Morgan fingerprint density at radius 1 is 1.09 bits per heavy atom. The minimum Gasteiger partial charge on any atom is -0.481 e. The number of aromatic nitrogens is 1. The summed E-state index contributed by atoms with van der Waals surface area (Å²) in [6, 6.07) is 10.8. The Hall–Kier alpha value is -3.29. The molecule has 6 rings (SSSR count). The highest BCUT2D eigenvalue weighted by Crippen LogP contribution is 2.69. The molecule has 1 heterocycles. The van der Waals surface area contributed by atoms with E-state index in [1.54, 1.807) is 0 Å². The summed E-state index contributed by atoms with van der Waals surface area (Å²) in [5.41, 5.74) is 1.85. The Kier molecular flexibility index (Phi) is 5.04. The van der Waals surface area contributed by atoms with Crippen molar-refractivity contribution < 1.29 is 27.9 Å². The van der Waals surface area contributed by atoms with Gasteiger partial charge in [0.1, 0.15) is 0 Å². The van der Waals surface area contributed by atoms with Crippen LogP contribution in [0.4, 0.5) is 13.2 Å². The molecule has 3 aliphatic carbocycles. The van der Waals surface area contributed by atoms with Gasteiger partial charge in [0.15, 0.2) is 0 Å². The fourth-order valence-electron chi connectivity index (χ4n) is 5.99. The van der Waals surface area contributed by atoms with E-state index in [0.717, 1.165) is 34.2 Å². The van der Waals surface area contributed by atoms with E-state index in [2.05, 4.69) is 5.32 Å². The number of carbonyl (C=O) groups excluding carboxylic acids is 1. The summed E-state index contributed by atoms with van der Waals surface area (Å²) < 4.78 is 40.8. The van der Waals surface area contributed by atoms with E-state index in [1.165, 1.54) is 12.1 Å². The average Bonchev–Trinajstić information content (AvgIpc) is 3.11. The van der Waals surface area contributed by atoms with Crippen LogP contribution in [0.3, 0.4) is 0 Å². The van der Waals surface area contributed by atoms with Crippen molar-refractivity contribution in [1.29, 1.82) is 0 Å². The van der Waals surface area contributed by atoms with E-state index < -0.39 is 17.7 Å². The lowest BCUT2D eigenvalue weighted by molar-refractivity contribution is -0.172. The number of nitrogens with one attached hydrogen (secondary N) is 1.